The summed E-state index contributed by atoms with van der Waals surface area (Å²) in [5, 5.41) is 18.5. The Bertz CT molecular complexity index is 276. The van der Waals surface area contributed by atoms with E-state index >= 15 is 0 Å². The summed E-state index contributed by atoms with van der Waals surface area (Å²) in [5.41, 5.74) is 0.153. The molecule has 0 saturated heterocycles. The molecule has 0 aliphatic carbocycles. The fraction of sp³-hybridized carbons (Fsp3) is 1.00. The van der Waals surface area contributed by atoms with E-state index in [9.17, 15) is 10.2 Å². The van der Waals surface area contributed by atoms with E-state index in [1.165, 1.54) is 77.0 Å². The van der Waals surface area contributed by atoms with Gasteiger partial charge in [0.1, 0.15) is 0 Å². The van der Waals surface area contributed by atoms with Crippen LogP contribution in [-0.2, 0) is 0 Å². The highest BCUT2D eigenvalue weighted by Gasteiger charge is 2.24. The van der Waals surface area contributed by atoms with Gasteiger partial charge >= 0.3 is 0 Å². The molecule has 0 aromatic carbocycles. The molecule has 0 spiro atoms. The van der Waals surface area contributed by atoms with E-state index < -0.39 is 6.29 Å². The van der Waals surface area contributed by atoms with Crippen LogP contribution in [0.2, 0.25) is 0 Å². The van der Waals surface area contributed by atoms with E-state index in [0.29, 0.717) is 5.41 Å². The van der Waals surface area contributed by atoms with Gasteiger partial charge in [-0.2, -0.15) is 0 Å². The molecule has 0 radical (unpaired) electrons. The SMILES string of the molecule is CC(C)(C)CCCCCCCCCCCCCCC(C)(C)C(O)O. The van der Waals surface area contributed by atoms with Crippen molar-refractivity contribution >= 4 is 0 Å². The molecule has 24 heavy (non-hydrogen) atoms. The highest BCUT2D eigenvalue weighted by atomic mass is 16.5. The van der Waals surface area contributed by atoms with Crippen molar-refractivity contribution in [2.24, 2.45) is 10.8 Å². The number of aliphatic hydroxyl groups is 2. The van der Waals surface area contributed by atoms with E-state index in [2.05, 4.69) is 20.8 Å². The van der Waals surface area contributed by atoms with Gasteiger partial charge in [-0.25, -0.2) is 0 Å². The summed E-state index contributed by atoms with van der Waals surface area (Å²) in [6, 6.07) is 0. The average Bonchev–Trinajstić information content (AvgIpc) is 2.46. The number of unbranched alkanes of at least 4 members (excludes halogenated alkanes) is 11. The van der Waals surface area contributed by atoms with Gasteiger partial charge in [0.15, 0.2) is 6.29 Å². The Kier molecular flexibility index (Phi) is 13.1. The highest BCUT2D eigenvalue weighted by Crippen LogP contribution is 2.27. The third-order valence-electron chi connectivity index (χ3n) is 5.20. The smallest absolute Gasteiger partial charge is 0.156 e. The van der Waals surface area contributed by atoms with Crippen molar-refractivity contribution in [3.8, 4) is 0 Å². The molecule has 0 rings (SSSR count). The third kappa shape index (κ3) is 15.4. The zero-order valence-corrected chi connectivity index (χ0v) is 17.4. The predicted molar refractivity (Wildman–Crippen MR) is 106 cm³/mol. The van der Waals surface area contributed by atoms with Gasteiger partial charge in [0.05, 0.1) is 0 Å². The highest BCUT2D eigenvalue weighted by molar-refractivity contribution is 4.70. The lowest BCUT2D eigenvalue weighted by atomic mass is 9.86. The van der Waals surface area contributed by atoms with E-state index in [-0.39, 0.29) is 5.41 Å². The second kappa shape index (κ2) is 13.2. The van der Waals surface area contributed by atoms with Crippen LogP contribution in [0, 0.1) is 10.8 Å². The topological polar surface area (TPSA) is 40.5 Å². The van der Waals surface area contributed by atoms with Gasteiger partial charge in [0.2, 0.25) is 0 Å². The third-order valence-corrected chi connectivity index (χ3v) is 5.20. The minimum atomic E-state index is -1.19. The van der Waals surface area contributed by atoms with Gasteiger partial charge < -0.3 is 10.2 Å². The lowest BCUT2D eigenvalue weighted by molar-refractivity contribution is -0.124. The van der Waals surface area contributed by atoms with Gasteiger partial charge in [0.25, 0.3) is 0 Å². The van der Waals surface area contributed by atoms with E-state index in [1.54, 1.807) is 0 Å². The van der Waals surface area contributed by atoms with Crippen LogP contribution in [0.15, 0.2) is 0 Å². The van der Waals surface area contributed by atoms with Crippen LogP contribution in [0.25, 0.3) is 0 Å². The van der Waals surface area contributed by atoms with Crippen molar-refractivity contribution in [3.05, 3.63) is 0 Å². The molecule has 0 aromatic rings. The fourth-order valence-corrected chi connectivity index (χ4v) is 3.13. The normalized spacial score (nSPS) is 13.0. The van der Waals surface area contributed by atoms with Crippen molar-refractivity contribution in [2.45, 2.75) is 131 Å². The Balaban J connectivity index is 3.21. The molecule has 0 heterocycles. The van der Waals surface area contributed by atoms with Crippen molar-refractivity contribution in [1.29, 1.82) is 0 Å². The van der Waals surface area contributed by atoms with Gasteiger partial charge in [-0.05, 0) is 18.3 Å². The largest absolute Gasteiger partial charge is 0.368 e. The first kappa shape index (κ1) is 23.9. The molecule has 146 valence electrons. The molecule has 2 nitrogen and oxygen atoms in total. The molecule has 0 bridgehead atoms. The molecule has 0 fully saturated rings. The van der Waals surface area contributed by atoms with Crippen molar-refractivity contribution in [1.82, 2.24) is 0 Å². The Morgan fingerprint density at radius 1 is 0.500 bits per heavy atom. The molecular weight excluding hydrogens is 296 g/mol. The second-order valence-corrected chi connectivity index (χ2v) is 9.67. The Morgan fingerprint density at radius 3 is 1.08 bits per heavy atom. The fourth-order valence-electron chi connectivity index (χ4n) is 3.13. The van der Waals surface area contributed by atoms with Gasteiger partial charge in [0, 0.05) is 5.41 Å². The summed E-state index contributed by atoms with van der Waals surface area (Å²) >= 11 is 0. The first-order valence-corrected chi connectivity index (χ1v) is 10.5. The van der Waals surface area contributed by atoms with Crippen molar-refractivity contribution in [2.75, 3.05) is 0 Å². The minimum absolute atomic E-state index is 0.354. The summed E-state index contributed by atoms with van der Waals surface area (Å²) in [6.45, 7) is 10.9. The Labute approximate surface area is 152 Å². The molecule has 0 saturated carbocycles. The Morgan fingerprint density at radius 2 is 0.792 bits per heavy atom. The number of aliphatic hydroxyl groups excluding tert-OH is 1. The monoisotopic (exact) mass is 342 g/mol. The molecule has 2 heteroatoms. The maximum Gasteiger partial charge on any atom is 0.156 e. The summed E-state index contributed by atoms with van der Waals surface area (Å²) in [6.07, 6.45) is 17.3. The van der Waals surface area contributed by atoms with Gasteiger partial charge in [-0.3, -0.25) is 0 Å². The second-order valence-electron chi connectivity index (χ2n) is 9.67. The first-order valence-electron chi connectivity index (χ1n) is 10.5. The average molecular weight is 343 g/mol. The van der Waals surface area contributed by atoms with E-state index in [4.69, 9.17) is 0 Å². The van der Waals surface area contributed by atoms with Gasteiger partial charge in [-0.1, -0.05) is 112 Å². The van der Waals surface area contributed by atoms with E-state index in [0.717, 1.165) is 12.8 Å². The van der Waals surface area contributed by atoms with Crippen LogP contribution in [0.3, 0.4) is 0 Å². The lowest BCUT2D eigenvalue weighted by Gasteiger charge is -2.26. The number of hydrogen-bond donors (Lipinski definition) is 2. The molecule has 0 atom stereocenters. The van der Waals surface area contributed by atoms with Crippen molar-refractivity contribution in [3.63, 3.8) is 0 Å². The van der Waals surface area contributed by atoms with Crippen LogP contribution >= 0.6 is 0 Å². The molecule has 0 amide bonds. The summed E-state index contributed by atoms with van der Waals surface area (Å²) < 4.78 is 0. The minimum Gasteiger partial charge on any atom is -0.368 e. The van der Waals surface area contributed by atoms with Crippen molar-refractivity contribution < 1.29 is 10.2 Å². The quantitative estimate of drug-likeness (QED) is 0.253. The number of rotatable bonds is 15. The maximum absolute atomic E-state index is 9.26. The number of hydrogen-bond acceptors (Lipinski definition) is 2. The zero-order chi connectivity index (χ0) is 18.5. The summed E-state index contributed by atoms with van der Waals surface area (Å²) in [5.74, 6) is 0. The maximum atomic E-state index is 9.26. The van der Waals surface area contributed by atoms with Crippen LogP contribution in [0.5, 0.6) is 0 Å². The first-order chi connectivity index (χ1) is 11.2. The Hall–Kier alpha value is -0.0800. The summed E-state index contributed by atoms with van der Waals surface area (Å²) in [4.78, 5) is 0. The van der Waals surface area contributed by atoms with Crippen LogP contribution < -0.4 is 0 Å². The van der Waals surface area contributed by atoms with Crippen LogP contribution in [0.1, 0.15) is 125 Å². The summed E-state index contributed by atoms with van der Waals surface area (Å²) in [7, 11) is 0. The van der Waals surface area contributed by atoms with Gasteiger partial charge in [-0.15, -0.1) is 0 Å². The molecule has 0 unspecified atom stereocenters. The zero-order valence-electron chi connectivity index (χ0n) is 17.4. The standard InChI is InChI=1S/C22H46O2/c1-21(2,3)18-16-14-12-10-8-6-7-9-11-13-15-17-19-22(4,5)20(23)24/h20,23-24H,6-19H2,1-5H3. The molecule has 0 aliphatic rings. The molecule has 0 aromatic heterocycles. The predicted octanol–water partition coefficient (Wildman–Crippen LogP) is 6.83. The van der Waals surface area contributed by atoms with Crippen LogP contribution in [-0.4, -0.2) is 16.5 Å². The molecule has 2 N–H and O–H groups in total. The lowest BCUT2D eigenvalue weighted by Crippen LogP contribution is -2.28. The molecular formula is C22H46O2. The van der Waals surface area contributed by atoms with Crippen LogP contribution in [0.4, 0.5) is 0 Å². The van der Waals surface area contributed by atoms with E-state index in [1.807, 2.05) is 13.8 Å². The molecule has 0 aliphatic heterocycles.